The standard InChI is InChI=1S/C32H30O7/c1-17-14-31(4)16-30(3)15-22-20(9-6-19-7-11-21(39-5)12-8-19)10-13-23(34)25(22)27(35)26(30)29(37)32(31,38)28(36)24(17)18(2)33/h7-8,10-13,34,37-38H,14-16H2,1-5H3/t30-,31+,32+/m1/s1. The Kier molecular flexibility index (Phi) is 5.89. The molecule has 7 nitrogen and oxygen atoms in total. The maximum Gasteiger partial charge on any atom is 0.206 e. The van der Waals surface area contributed by atoms with Gasteiger partial charge in [-0.05, 0) is 75.1 Å². The lowest BCUT2D eigenvalue weighted by Crippen LogP contribution is -2.63. The first-order valence-electron chi connectivity index (χ1n) is 12.7. The van der Waals surface area contributed by atoms with Crippen molar-refractivity contribution in [2.45, 2.75) is 52.6 Å². The Bertz CT molecular complexity index is 1600. The maximum atomic E-state index is 14.0. The quantitative estimate of drug-likeness (QED) is 0.392. The van der Waals surface area contributed by atoms with E-state index in [4.69, 9.17) is 4.74 Å². The summed E-state index contributed by atoms with van der Waals surface area (Å²) in [6.07, 6.45) is 0.634. The molecule has 5 rings (SSSR count). The van der Waals surface area contributed by atoms with Crippen LogP contribution in [-0.4, -0.2) is 45.4 Å². The number of carbonyl (C=O) groups excluding carboxylic acids is 3. The molecular weight excluding hydrogens is 496 g/mol. The number of Topliss-reactive ketones (excluding diaryl/α,β-unsaturated/α-hetero) is 3. The van der Waals surface area contributed by atoms with Crippen molar-refractivity contribution in [3.63, 3.8) is 0 Å². The fraction of sp³-hybridized carbons (Fsp3) is 0.344. The van der Waals surface area contributed by atoms with Gasteiger partial charge in [0.2, 0.25) is 5.78 Å². The van der Waals surface area contributed by atoms with E-state index in [9.17, 15) is 29.7 Å². The zero-order valence-electron chi connectivity index (χ0n) is 22.6. The molecule has 0 radical (unpaired) electrons. The highest BCUT2D eigenvalue weighted by molar-refractivity contribution is 6.25. The number of rotatable bonds is 2. The second-order valence-electron chi connectivity index (χ2n) is 11.4. The second-order valence-corrected chi connectivity index (χ2v) is 11.4. The number of aliphatic hydroxyl groups is 2. The van der Waals surface area contributed by atoms with Crippen LogP contribution in [0.1, 0.15) is 67.6 Å². The number of hydrogen-bond acceptors (Lipinski definition) is 7. The highest BCUT2D eigenvalue weighted by Crippen LogP contribution is 2.62. The first kappa shape index (κ1) is 26.5. The highest BCUT2D eigenvalue weighted by Gasteiger charge is 2.67. The van der Waals surface area contributed by atoms with Crippen molar-refractivity contribution in [1.29, 1.82) is 0 Å². The van der Waals surface area contributed by atoms with Crippen LogP contribution in [0.2, 0.25) is 0 Å². The van der Waals surface area contributed by atoms with Crippen LogP contribution in [0, 0.1) is 22.7 Å². The smallest absolute Gasteiger partial charge is 0.206 e. The van der Waals surface area contributed by atoms with Gasteiger partial charge in [0.15, 0.2) is 17.2 Å². The van der Waals surface area contributed by atoms with Gasteiger partial charge in [0.1, 0.15) is 17.3 Å². The fourth-order valence-electron chi connectivity index (χ4n) is 6.96. The number of fused-ring (bicyclic) bond motifs is 3. The van der Waals surface area contributed by atoms with Crippen LogP contribution < -0.4 is 4.74 Å². The summed E-state index contributed by atoms with van der Waals surface area (Å²) in [7, 11) is 1.58. The monoisotopic (exact) mass is 526 g/mol. The molecule has 3 aliphatic carbocycles. The summed E-state index contributed by atoms with van der Waals surface area (Å²) in [5, 5.41) is 34.1. The molecule has 0 heterocycles. The molecule has 2 aromatic carbocycles. The third-order valence-corrected chi connectivity index (χ3v) is 8.57. The van der Waals surface area contributed by atoms with Crippen molar-refractivity contribution in [2.75, 3.05) is 7.11 Å². The number of methoxy groups -OCH3 is 1. The molecule has 3 aliphatic rings. The molecule has 200 valence electrons. The minimum Gasteiger partial charge on any atom is -0.508 e. The zero-order valence-corrected chi connectivity index (χ0v) is 22.6. The van der Waals surface area contributed by atoms with Crippen molar-refractivity contribution in [3.8, 4) is 23.3 Å². The predicted octanol–water partition coefficient (Wildman–Crippen LogP) is 4.38. The van der Waals surface area contributed by atoms with Gasteiger partial charge in [-0.25, -0.2) is 0 Å². The third kappa shape index (κ3) is 3.66. The zero-order chi connectivity index (χ0) is 28.5. The number of aromatic hydroxyl groups is 1. The lowest BCUT2D eigenvalue weighted by atomic mass is 9.48. The van der Waals surface area contributed by atoms with Gasteiger partial charge in [-0.2, -0.15) is 0 Å². The molecule has 0 aliphatic heterocycles. The van der Waals surface area contributed by atoms with E-state index in [-0.39, 0.29) is 41.7 Å². The van der Waals surface area contributed by atoms with Crippen LogP contribution in [0.4, 0.5) is 0 Å². The number of hydrogen-bond donors (Lipinski definition) is 3. The first-order chi connectivity index (χ1) is 18.3. The van der Waals surface area contributed by atoms with Gasteiger partial charge in [0.05, 0.1) is 18.2 Å². The van der Waals surface area contributed by atoms with Gasteiger partial charge in [-0.1, -0.05) is 31.3 Å². The normalized spacial score (nSPS) is 27.7. The molecule has 0 fully saturated rings. The van der Waals surface area contributed by atoms with Crippen LogP contribution in [0.3, 0.4) is 0 Å². The topological polar surface area (TPSA) is 121 Å². The Morgan fingerprint density at radius 3 is 2.28 bits per heavy atom. The molecule has 39 heavy (non-hydrogen) atoms. The van der Waals surface area contributed by atoms with E-state index in [0.717, 1.165) is 5.56 Å². The van der Waals surface area contributed by atoms with Crippen molar-refractivity contribution in [2.24, 2.45) is 10.8 Å². The molecule has 3 N–H and O–H groups in total. The van der Waals surface area contributed by atoms with Gasteiger partial charge in [0, 0.05) is 27.5 Å². The average Bonchev–Trinajstić information content (AvgIpc) is 2.85. The summed E-state index contributed by atoms with van der Waals surface area (Å²) in [6.45, 7) is 6.45. The maximum absolute atomic E-state index is 14.0. The van der Waals surface area contributed by atoms with E-state index in [0.29, 0.717) is 22.4 Å². The number of ketones is 3. The van der Waals surface area contributed by atoms with Crippen LogP contribution in [0.5, 0.6) is 11.5 Å². The minimum absolute atomic E-state index is 0.00969. The number of allylic oxidation sites excluding steroid dienone is 2. The third-order valence-electron chi connectivity index (χ3n) is 8.57. The van der Waals surface area contributed by atoms with Crippen LogP contribution in [0.15, 0.2) is 58.9 Å². The van der Waals surface area contributed by atoms with E-state index in [2.05, 4.69) is 11.8 Å². The van der Waals surface area contributed by atoms with Gasteiger partial charge in [0.25, 0.3) is 0 Å². The molecular formula is C32H30O7. The lowest BCUT2D eigenvalue weighted by molar-refractivity contribution is -0.157. The van der Waals surface area contributed by atoms with Crippen molar-refractivity contribution in [1.82, 2.24) is 0 Å². The van der Waals surface area contributed by atoms with E-state index in [1.165, 1.54) is 13.0 Å². The summed E-state index contributed by atoms with van der Waals surface area (Å²) in [4.78, 5) is 39.8. The number of benzene rings is 2. The number of phenols is 1. The SMILES string of the molecule is COc1ccc(C#Cc2ccc(O)c3c2C[C@]2(C)C[C@]4(C)CC(C)=C(C(C)=O)C(=O)[C@]4(O)C(O)=C2C3=O)cc1. The van der Waals surface area contributed by atoms with Crippen molar-refractivity contribution >= 4 is 17.3 Å². The predicted molar refractivity (Wildman–Crippen MR) is 144 cm³/mol. The molecule has 2 aromatic rings. The molecule has 0 bridgehead atoms. The first-order valence-corrected chi connectivity index (χ1v) is 12.7. The van der Waals surface area contributed by atoms with E-state index < -0.39 is 39.5 Å². The number of phenolic OH excluding ortho intramolecular Hbond substituents is 1. The molecule has 0 unspecified atom stereocenters. The van der Waals surface area contributed by atoms with E-state index in [1.807, 2.05) is 19.1 Å². The summed E-state index contributed by atoms with van der Waals surface area (Å²) < 4.78 is 5.19. The Balaban J connectivity index is 1.67. The van der Waals surface area contributed by atoms with Gasteiger partial charge < -0.3 is 20.1 Å². The number of ether oxygens (including phenoxy) is 1. The number of aliphatic hydroxyl groups excluding tert-OH is 1. The number of carbonyl (C=O) groups is 3. The molecule has 0 aromatic heterocycles. The Morgan fingerprint density at radius 1 is 1.00 bits per heavy atom. The molecule has 0 amide bonds. The van der Waals surface area contributed by atoms with E-state index >= 15 is 0 Å². The van der Waals surface area contributed by atoms with Gasteiger partial charge in [-0.15, -0.1) is 0 Å². The second kappa shape index (κ2) is 8.69. The summed E-state index contributed by atoms with van der Waals surface area (Å²) >= 11 is 0. The largest absolute Gasteiger partial charge is 0.508 e. The molecule has 0 saturated heterocycles. The molecule has 0 spiro atoms. The molecule has 0 saturated carbocycles. The lowest BCUT2D eigenvalue weighted by Gasteiger charge is -2.56. The summed E-state index contributed by atoms with van der Waals surface area (Å²) in [6, 6.07) is 10.3. The van der Waals surface area contributed by atoms with Crippen molar-refractivity contribution < 1.29 is 34.4 Å². The molecule has 3 atom stereocenters. The van der Waals surface area contributed by atoms with E-state index in [1.54, 1.807) is 39.2 Å². The van der Waals surface area contributed by atoms with Crippen LogP contribution >= 0.6 is 0 Å². The Hall–Kier alpha value is -4.15. The Labute approximate surface area is 226 Å². The van der Waals surface area contributed by atoms with Gasteiger partial charge in [-0.3, -0.25) is 14.4 Å². The average molecular weight is 527 g/mol. The molecule has 7 heteroatoms. The highest BCUT2D eigenvalue weighted by atomic mass is 16.5. The van der Waals surface area contributed by atoms with Crippen molar-refractivity contribution in [3.05, 3.63) is 81.1 Å². The minimum atomic E-state index is -2.43. The fourth-order valence-corrected chi connectivity index (χ4v) is 6.96. The van der Waals surface area contributed by atoms with Gasteiger partial charge >= 0.3 is 0 Å². The van der Waals surface area contributed by atoms with Crippen LogP contribution in [0.25, 0.3) is 0 Å². The Morgan fingerprint density at radius 2 is 1.67 bits per heavy atom. The summed E-state index contributed by atoms with van der Waals surface area (Å²) in [5.41, 5.74) is -2.43. The summed E-state index contributed by atoms with van der Waals surface area (Å²) in [5.74, 6) is 3.84. The van der Waals surface area contributed by atoms with Crippen LogP contribution in [-0.2, 0) is 16.0 Å².